The van der Waals surface area contributed by atoms with E-state index >= 15 is 4.39 Å². The minimum Gasteiger partial charge on any atom is -0.508 e. The minimum absolute atomic E-state index is 0.0759. The van der Waals surface area contributed by atoms with E-state index in [0.717, 1.165) is 19.4 Å². The number of ether oxygens (including phenoxy) is 1. The summed E-state index contributed by atoms with van der Waals surface area (Å²) in [6.45, 7) is 1.56. The van der Waals surface area contributed by atoms with E-state index in [1.54, 1.807) is 0 Å². The Balaban J connectivity index is 1.28. The van der Waals surface area contributed by atoms with E-state index in [1.807, 2.05) is 4.90 Å². The molecule has 8 rings (SSSR count). The van der Waals surface area contributed by atoms with Crippen LogP contribution in [0.4, 0.5) is 19.0 Å². The van der Waals surface area contributed by atoms with Gasteiger partial charge < -0.3 is 14.7 Å². The first-order chi connectivity index (χ1) is 22.1. The highest BCUT2D eigenvalue weighted by Gasteiger charge is 2.50. The molecule has 4 saturated heterocycles. The Labute approximate surface area is 263 Å². The number of phenolic OH excluding ortho intramolecular Hbond substituents is 1. The third-order valence-electron chi connectivity index (χ3n) is 10.2. The number of terminal acetylenes is 1. The number of phenols is 1. The second-order valence-corrected chi connectivity index (χ2v) is 15.4. The Morgan fingerprint density at radius 3 is 2.67 bits per heavy atom. The molecular weight excluding hydrogens is 619 g/mol. The van der Waals surface area contributed by atoms with E-state index in [-0.39, 0.29) is 70.4 Å². The predicted molar refractivity (Wildman–Crippen MR) is 166 cm³/mol. The van der Waals surface area contributed by atoms with E-state index in [1.165, 1.54) is 30.5 Å². The SMILES string of the molecule is C#Cc1c(F)ccc2cc(O)cc(-c3ncc4c(N5CC6CCC(C5)S6(=O)=O)nc(OC[C@@]56CCCN5C[C@H](F)C6)nc4c3F)c12. The molecule has 238 valence electrons. The molecule has 0 saturated carbocycles. The third kappa shape index (κ3) is 4.41. The molecular formula is C33H30F3N5O4S. The van der Waals surface area contributed by atoms with Crippen LogP contribution in [0.2, 0.25) is 0 Å². The van der Waals surface area contributed by atoms with Gasteiger partial charge in [-0.1, -0.05) is 12.0 Å². The van der Waals surface area contributed by atoms with Gasteiger partial charge in [-0.15, -0.1) is 6.42 Å². The maximum absolute atomic E-state index is 16.8. The lowest BCUT2D eigenvalue weighted by molar-refractivity contribution is 0.107. The number of aromatic hydroxyl groups is 1. The number of benzene rings is 2. The zero-order valence-corrected chi connectivity index (χ0v) is 25.5. The lowest BCUT2D eigenvalue weighted by Crippen LogP contribution is -2.47. The van der Waals surface area contributed by atoms with Crippen LogP contribution in [0.3, 0.4) is 0 Å². The zero-order valence-electron chi connectivity index (χ0n) is 24.7. The third-order valence-corrected chi connectivity index (χ3v) is 12.8. The lowest BCUT2D eigenvalue weighted by atomic mass is 9.95. The van der Waals surface area contributed by atoms with Gasteiger partial charge >= 0.3 is 6.01 Å². The van der Waals surface area contributed by atoms with Gasteiger partial charge in [0, 0.05) is 43.2 Å². The first kappa shape index (κ1) is 29.3. The highest BCUT2D eigenvalue weighted by molar-refractivity contribution is 7.93. The molecule has 2 aromatic carbocycles. The van der Waals surface area contributed by atoms with Crippen molar-refractivity contribution in [3.05, 3.63) is 47.7 Å². The molecule has 46 heavy (non-hydrogen) atoms. The number of rotatable bonds is 5. The van der Waals surface area contributed by atoms with Crippen LogP contribution in [0.5, 0.6) is 11.8 Å². The summed E-state index contributed by atoms with van der Waals surface area (Å²) in [6.07, 6.45) is 9.13. The molecule has 2 unspecified atom stereocenters. The van der Waals surface area contributed by atoms with Gasteiger partial charge in [0.1, 0.15) is 41.4 Å². The summed E-state index contributed by atoms with van der Waals surface area (Å²) in [5.41, 5.74) is -0.893. The zero-order chi connectivity index (χ0) is 32.0. The van der Waals surface area contributed by atoms with Crippen molar-refractivity contribution in [2.24, 2.45) is 0 Å². The molecule has 4 aliphatic rings. The molecule has 4 aliphatic heterocycles. The Kier molecular flexibility index (Phi) is 6.64. The number of pyridine rings is 1. The van der Waals surface area contributed by atoms with Crippen LogP contribution in [0.25, 0.3) is 32.9 Å². The Morgan fingerprint density at radius 1 is 1.13 bits per heavy atom. The quantitative estimate of drug-likeness (QED) is 0.312. The molecule has 6 heterocycles. The van der Waals surface area contributed by atoms with Gasteiger partial charge in [-0.25, -0.2) is 21.6 Å². The lowest BCUT2D eigenvalue weighted by Gasteiger charge is -2.33. The van der Waals surface area contributed by atoms with Crippen LogP contribution >= 0.6 is 0 Å². The molecule has 0 radical (unpaired) electrons. The van der Waals surface area contributed by atoms with Crippen molar-refractivity contribution in [1.29, 1.82) is 0 Å². The summed E-state index contributed by atoms with van der Waals surface area (Å²) in [4.78, 5) is 17.5. The fraction of sp³-hybridized carbons (Fsp3) is 0.424. The molecule has 2 aromatic heterocycles. The molecule has 13 heteroatoms. The van der Waals surface area contributed by atoms with Gasteiger partial charge in [-0.2, -0.15) is 9.97 Å². The van der Waals surface area contributed by atoms with Gasteiger partial charge in [0.05, 0.1) is 27.0 Å². The van der Waals surface area contributed by atoms with Gasteiger partial charge in [0.2, 0.25) is 0 Å². The summed E-state index contributed by atoms with van der Waals surface area (Å²) in [6, 6.07) is 5.17. The molecule has 1 N–H and O–H groups in total. The monoisotopic (exact) mass is 649 g/mol. The number of fused-ring (bicyclic) bond motifs is 5. The fourth-order valence-corrected chi connectivity index (χ4v) is 10.3. The van der Waals surface area contributed by atoms with Crippen molar-refractivity contribution in [3.63, 3.8) is 0 Å². The molecule has 0 amide bonds. The first-order valence-electron chi connectivity index (χ1n) is 15.4. The van der Waals surface area contributed by atoms with E-state index < -0.39 is 43.7 Å². The number of anilines is 1. The summed E-state index contributed by atoms with van der Waals surface area (Å²) in [5, 5.41) is 10.2. The molecule has 9 nitrogen and oxygen atoms in total. The first-order valence-corrected chi connectivity index (χ1v) is 17.0. The molecule has 4 fully saturated rings. The highest BCUT2D eigenvalue weighted by atomic mass is 32.2. The van der Waals surface area contributed by atoms with Crippen LogP contribution in [-0.2, 0) is 9.84 Å². The minimum atomic E-state index is -3.27. The van der Waals surface area contributed by atoms with E-state index in [4.69, 9.17) is 11.2 Å². The Bertz CT molecular complexity index is 2070. The molecule has 4 aromatic rings. The van der Waals surface area contributed by atoms with E-state index in [9.17, 15) is 22.3 Å². The maximum atomic E-state index is 16.8. The van der Waals surface area contributed by atoms with Gasteiger partial charge in [0.25, 0.3) is 0 Å². The van der Waals surface area contributed by atoms with Crippen LogP contribution in [-0.4, -0.2) is 88.4 Å². The van der Waals surface area contributed by atoms with Gasteiger partial charge in [0.15, 0.2) is 15.7 Å². The Morgan fingerprint density at radius 2 is 1.91 bits per heavy atom. The molecule has 0 spiro atoms. The summed E-state index contributed by atoms with van der Waals surface area (Å²) >= 11 is 0. The van der Waals surface area contributed by atoms with E-state index in [2.05, 4.69) is 25.8 Å². The summed E-state index contributed by atoms with van der Waals surface area (Å²) in [5.74, 6) is 0.873. The second-order valence-electron chi connectivity index (χ2n) is 12.9. The van der Waals surface area contributed by atoms with Gasteiger partial charge in [-0.05, 0) is 55.8 Å². The fourth-order valence-electron chi connectivity index (χ4n) is 8.02. The molecule has 0 aliphatic carbocycles. The topological polar surface area (TPSA) is 109 Å². The number of aromatic nitrogens is 3. The van der Waals surface area contributed by atoms with Crippen LogP contribution in [0, 0.1) is 24.0 Å². The van der Waals surface area contributed by atoms with Crippen molar-refractivity contribution < 1.29 is 31.4 Å². The second kappa shape index (κ2) is 10.4. The highest BCUT2D eigenvalue weighted by Crippen LogP contribution is 2.43. The number of hydrogen-bond donors (Lipinski definition) is 1. The van der Waals surface area contributed by atoms with Crippen molar-refractivity contribution in [1.82, 2.24) is 19.9 Å². The van der Waals surface area contributed by atoms with Gasteiger partial charge in [-0.3, -0.25) is 9.88 Å². The normalized spacial score (nSPS) is 26.9. The summed E-state index contributed by atoms with van der Waals surface area (Å²) < 4.78 is 77.9. The van der Waals surface area contributed by atoms with Crippen molar-refractivity contribution in [3.8, 4) is 35.4 Å². The average Bonchev–Trinajstić information content (AvgIpc) is 3.56. The summed E-state index contributed by atoms with van der Waals surface area (Å²) in [7, 11) is -3.27. The van der Waals surface area contributed by atoms with Crippen molar-refractivity contribution in [2.75, 3.05) is 37.7 Å². The van der Waals surface area contributed by atoms with Crippen LogP contribution < -0.4 is 9.64 Å². The van der Waals surface area contributed by atoms with Crippen LogP contribution in [0.15, 0.2) is 30.5 Å². The number of alkyl halides is 1. The Hall–Kier alpha value is -4.15. The molecule has 4 atom stereocenters. The number of hydrogen-bond acceptors (Lipinski definition) is 9. The number of nitrogens with zero attached hydrogens (tertiary/aromatic N) is 5. The molecule has 2 bridgehead atoms. The maximum Gasteiger partial charge on any atom is 0.319 e. The predicted octanol–water partition coefficient (Wildman–Crippen LogP) is 4.53. The number of halogens is 3. The smallest absolute Gasteiger partial charge is 0.319 e. The number of sulfone groups is 1. The average molecular weight is 650 g/mol. The van der Waals surface area contributed by atoms with Crippen LogP contribution in [0.1, 0.15) is 37.7 Å². The standard InChI is InChI=1S/C33H30F3N5O4S/c1-2-23-26(35)7-4-18-10-20(42)11-24(27(18)23)29-28(36)30-25(13-37-29)31(40-15-21-5-6-22(16-40)46(21,43)44)39-32(38-30)45-17-33-8-3-9-41(33)14-19(34)12-33/h1,4,7,10-11,13,19,21-22,42H,3,5-6,8-9,12,14-17H2/t19-,21?,22?,33+/m1/s1. The largest absolute Gasteiger partial charge is 0.508 e. The van der Waals surface area contributed by atoms with Crippen molar-refractivity contribution >= 4 is 37.3 Å². The van der Waals surface area contributed by atoms with E-state index in [0.29, 0.717) is 31.2 Å². The van der Waals surface area contributed by atoms with Crippen molar-refractivity contribution in [2.45, 2.75) is 54.3 Å².